The van der Waals surface area contributed by atoms with Gasteiger partial charge >= 0.3 is 0 Å². The quantitative estimate of drug-likeness (QED) is 0.636. The first-order valence-corrected chi connectivity index (χ1v) is 6.49. The Hall–Kier alpha value is -0.600. The molecule has 0 rings (SSSR count). The van der Waals surface area contributed by atoms with E-state index in [0.29, 0.717) is 0 Å². The highest BCUT2D eigenvalue weighted by Crippen LogP contribution is 2.21. The number of aliphatic hydroxyl groups is 2. The average molecular weight is 240 g/mol. The summed E-state index contributed by atoms with van der Waals surface area (Å²) in [7, 11) is 0. The third-order valence-electron chi connectivity index (χ3n) is 2.96. The second-order valence-electron chi connectivity index (χ2n) is 5.40. The summed E-state index contributed by atoms with van der Waals surface area (Å²) in [6, 6.07) is 0. The van der Waals surface area contributed by atoms with Crippen molar-refractivity contribution in [2.75, 3.05) is 6.61 Å². The van der Waals surface area contributed by atoms with Crippen LogP contribution in [0.25, 0.3) is 0 Å². The van der Waals surface area contributed by atoms with Crippen molar-refractivity contribution < 1.29 is 10.2 Å². The zero-order valence-corrected chi connectivity index (χ0v) is 11.8. The molecule has 0 aromatic carbocycles. The molecule has 0 aromatic heterocycles. The van der Waals surface area contributed by atoms with E-state index in [1.165, 1.54) is 11.1 Å². The number of rotatable bonds is 8. The molecule has 17 heavy (non-hydrogen) atoms. The molecule has 0 fully saturated rings. The largest absolute Gasteiger partial charge is 0.392 e. The minimum absolute atomic E-state index is 0.114. The van der Waals surface area contributed by atoms with Crippen LogP contribution in [-0.2, 0) is 0 Å². The molecule has 0 radical (unpaired) electrons. The summed E-state index contributed by atoms with van der Waals surface area (Å²) in [6.07, 6.45) is 8.52. The van der Waals surface area contributed by atoms with E-state index in [1.54, 1.807) is 0 Å². The molecule has 0 saturated heterocycles. The zero-order valence-electron chi connectivity index (χ0n) is 11.8. The molecule has 0 aromatic rings. The maximum absolute atomic E-state index is 10.2. The lowest BCUT2D eigenvalue weighted by Gasteiger charge is -2.22. The lowest BCUT2D eigenvalue weighted by Crippen LogP contribution is -2.23. The first-order valence-electron chi connectivity index (χ1n) is 6.49. The fourth-order valence-electron chi connectivity index (χ4n) is 1.80. The van der Waals surface area contributed by atoms with Crippen molar-refractivity contribution in [3.8, 4) is 0 Å². The van der Waals surface area contributed by atoms with Crippen molar-refractivity contribution >= 4 is 0 Å². The third kappa shape index (κ3) is 10.3. The van der Waals surface area contributed by atoms with Crippen molar-refractivity contribution in [2.45, 2.75) is 65.4 Å². The van der Waals surface area contributed by atoms with Crippen LogP contribution in [0.2, 0.25) is 0 Å². The van der Waals surface area contributed by atoms with Crippen LogP contribution >= 0.6 is 0 Å². The van der Waals surface area contributed by atoms with Crippen LogP contribution in [0.4, 0.5) is 0 Å². The van der Waals surface area contributed by atoms with Crippen LogP contribution in [0.15, 0.2) is 23.3 Å². The van der Waals surface area contributed by atoms with E-state index in [1.807, 2.05) is 19.9 Å². The van der Waals surface area contributed by atoms with Crippen molar-refractivity contribution in [1.29, 1.82) is 0 Å². The van der Waals surface area contributed by atoms with Gasteiger partial charge in [0, 0.05) is 0 Å². The molecule has 2 N–H and O–H groups in total. The highest BCUT2D eigenvalue weighted by Gasteiger charge is 2.18. The van der Waals surface area contributed by atoms with Crippen molar-refractivity contribution in [3.63, 3.8) is 0 Å². The molecule has 100 valence electrons. The SMILES string of the molecule is CC(C)=CCCC(C)(O)CCC/C(C)=C/CO. The van der Waals surface area contributed by atoms with Gasteiger partial charge in [0.15, 0.2) is 0 Å². The number of allylic oxidation sites excluding steroid dienone is 3. The Morgan fingerprint density at radius 1 is 1.12 bits per heavy atom. The fourth-order valence-corrected chi connectivity index (χ4v) is 1.80. The molecule has 2 nitrogen and oxygen atoms in total. The maximum Gasteiger partial charge on any atom is 0.0622 e. The normalized spacial score (nSPS) is 15.5. The highest BCUT2D eigenvalue weighted by atomic mass is 16.3. The number of hydrogen-bond acceptors (Lipinski definition) is 2. The summed E-state index contributed by atoms with van der Waals surface area (Å²) in [4.78, 5) is 0. The summed E-state index contributed by atoms with van der Waals surface area (Å²) < 4.78 is 0. The predicted molar refractivity (Wildman–Crippen MR) is 74.0 cm³/mol. The van der Waals surface area contributed by atoms with Gasteiger partial charge in [-0.05, 0) is 59.8 Å². The molecule has 0 heterocycles. The monoisotopic (exact) mass is 240 g/mol. The molecule has 0 aliphatic rings. The van der Waals surface area contributed by atoms with E-state index in [0.717, 1.165) is 32.1 Å². The van der Waals surface area contributed by atoms with Gasteiger partial charge in [0.1, 0.15) is 0 Å². The Morgan fingerprint density at radius 3 is 2.29 bits per heavy atom. The number of aliphatic hydroxyl groups excluding tert-OH is 1. The summed E-state index contributed by atoms with van der Waals surface area (Å²) >= 11 is 0. The van der Waals surface area contributed by atoms with Crippen molar-refractivity contribution in [3.05, 3.63) is 23.3 Å². The summed E-state index contributed by atoms with van der Waals surface area (Å²) in [5.41, 5.74) is 1.95. The van der Waals surface area contributed by atoms with Crippen LogP contribution in [-0.4, -0.2) is 22.4 Å². The van der Waals surface area contributed by atoms with Gasteiger partial charge in [0.2, 0.25) is 0 Å². The Bertz CT molecular complexity index is 258. The van der Waals surface area contributed by atoms with Gasteiger partial charge in [-0.1, -0.05) is 23.3 Å². The summed E-state index contributed by atoms with van der Waals surface area (Å²) in [6.45, 7) is 8.21. The molecule has 0 bridgehead atoms. The van der Waals surface area contributed by atoms with Crippen LogP contribution in [0.5, 0.6) is 0 Å². The Labute approximate surface area is 106 Å². The Morgan fingerprint density at radius 2 is 1.76 bits per heavy atom. The molecule has 0 amide bonds. The van der Waals surface area contributed by atoms with Crippen LogP contribution in [0, 0.1) is 0 Å². The first kappa shape index (κ1) is 16.4. The second-order valence-corrected chi connectivity index (χ2v) is 5.40. The Balaban J connectivity index is 3.85. The first-order chi connectivity index (χ1) is 7.87. The van der Waals surface area contributed by atoms with E-state index in [2.05, 4.69) is 19.9 Å². The molecule has 0 spiro atoms. The molecule has 0 aliphatic heterocycles. The standard InChI is InChI=1S/C15H28O2/c1-13(2)7-5-10-15(4,17)11-6-8-14(3)9-12-16/h7,9,16-17H,5-6,8,10-12H2,1-4H3/b14-9+. The minimum atomic E-state index is -0.564. The van der Waals surface area contributed by atoms with Crippen molar-refractivity contribution in [2.24, 2.45) is 0 Å². The van der Waals surface area contributed by atoms with Crippen LogP contribution in [0.3, 0.4) is 0 Å². The van der Waals surface area contributed by atoms with Gasteiger partial charge in [-0.2, -0.15) is 0 Å². The average Bonchev–Trinajstić information content (AvgIpc) is 2.16. The van der Waals surface area contributed by atoms with E-state index >= 15 is 0 Å². The Kier molecular flexibility index (Phi) is 8.19. The topological polar surface area (TPSA) is 40.5 Å². The van der Waals surface area contributed by atoms with Gasteiger partial charge in [-0.25, -0.2) is 0 Å². The lowest BCUT2D eigenvalue weighted by molar-refractivity contribution is 0.0410. The van der Waals surface area contributed by atoms with Gasteiger partial charge in [0.25, 0.3) is 0 Å². The molecule has 1 atom stereocenters. The van der Waals surface area contributed by atoms with Gasteiger partial charge in [-0.3, -0.25) is 0 Å². The molecular formula is C15H28O2. The van der Waals surface area contributed by atoms with E-state index in [-0.39, 0.29) is 6.61 Å². The molecule has 0 saturated carbocycles. The van der Waals surface area contributed by atoms with E-state index < -0.39 is 5.60 Å². The molecule has 1 unspecified atom stereocenters. The van der Waals surface area contributed by atoms with Crippen LogP contribution < -0.4 is 0 Å². The summed E-state index contributed by atoms with van der Waals surface area (Å²) in [5, 5.41) is 18.9. The molecule has 0 aliphatic carbocycles. The zero-order chi connectivity index (χ0) is 13.3. The van der Waals surface area contributed by atoms with E-state index in [4.69, 9.17) is 5.11 Å². The third-order valence-corrected chi connectivity index (χ3v) is 2.96. The lowest BCUT2D eigenvalue weighted by atomic mass is 9.92. The predicted octanol–water partition coefficient (Wildman–Crippen LogP) is 3.59. The number of hydrogen-bond donors (Lipinski definition) is 2. The summed E-state index contributed by atoms with van der Waals surface area (Å²) in [5.74, 6) is 0. The smallest absolute Gasteiger partial charge is 0.0622 e. The van der Waals surface area contributed by atoms with Gasteiger partial charge in [-0.15, -0.1) is 0 Å². The van der Waals surface area contributed by atoms with Gasteiger partial charge < -0.3 is 10.2 Å². The molecule has 2 heteroatoms. The highest BCUT2D eigenvalue weighted by molar-refractivity contribution is 4.98. The van der Waals surface area contributed by atoms with E-state index in [9.17, 15) is 5.11 Å². The second kappa shape index (κ2) is 8.48. The van der Waals surface area contributed by atoms with Crippen molar-refractivity contribution in [1.82, 2.24) is 0 Å². The van der Waals surface area contributed by atoms with Crippen LogP contribution in [0.1, 0.15) is 59.8 Å². The van der Waals surface area contributed by atoms with Gasteiger partial charge in [0.05, 0.1) is 12.2 Å². The minimum Gasteiger partial charge on any atom is -0.392 e. The fraction of sp³-hybridized carbons (Fsp3) is 0.733. The molecular weight excluding hydrogens is 212 g/mol. The maximum atomic E-state index is 10.2.